The van der Waals surface area contributed by atoms with Crippen LogP contribution < -0.4 is 16.4 Å². The molecule has 2 aromatic rings. The molecule has 0 saturated heterocycles. The largest absolute Gasteiger partial charge is 0.465 e. The number of carbonyl (C=O) groups excluding carboxylic acids is 1. The van der Waals surface area contributed by atoms with Crippen LogP contribution in [0.25, 0.3) is 11.1 Å². The molecule has 1 unspecified atom stereocenters. The number of anilines is 2. The molecule has 1 aromatic heterocycles. The van der Waals surface area contributed by atoms with E-state index in [1.165, 1.54) is 12.3 Å². The second-order valence-electron chi connectivity index (χ2n) is 6.72. The maximum absolute atomic E-state index is 14.2. The number of halogens is 1. The number of nitrogens with zero attached hydrogens (tertiary/aromatic N) is 1. The maximum Gasteiger partial charge on any atom is 0.409 e. The maximum atomic E-state index is 14.2. The van der Waals surface area contributed by atoms with E-state index in [-0.39, 0.29) is 11.8 Å². The Bertz CT molecular complexity index is 887. The van der Waals surface area contributed by atoms with Gasteiger partial charge in [-0.3, -0.25) is 10.1 Å². The van der Waals surface area contributed by atoms with Gasteiger partial charge in [-0.1, -0.05) is 19.4 Å². The molecular weight excluding hydrogens is 351 g/mol. The van der Waals surface area contributed by atoms with Crippen molar-refractivity contribution in [2.45, 2.75) is 32.2 Å². The van der Waals surface area contributed by atoms with Gasteiger partial charge < -0.3 is 16.2 Å². The summed E-state index contributed by atoms with van der Waals surface area (Å²) in [6, 6.07) is 5.87. The summed E-state index contributed by atoms with van der Waals surface area (Å²) in [6.07, 6.45) is 1.99. The number of nitrogens with one attached hydrogen (secondary N) is 2. The quantitative estimate of drug-likeness (QED) is 0.569. The molecule has 5 N–H and O–H groups in total. The van der Waals surface area contributed by atoms with E-state index in [9.17, 15) is 14.0 Å². The van der Waals surface area contributed by atoms with E-state index in [1.54, 1.807) is 18.2 Å². The third-order valence-corrected chi connectivity index (χ3v) is 4.71. The van der Waals surface area contributed by atoms with Crippen LogP contribution >= 0.6 is 0 Å². The van der Waals surface area contributed by atoms with Gasteiger partial charge in [0, 0.05) is 40.5 Å². The number of nitrogens with two attached hydrogens (primary N) is 1. The number of aromatic nitrogens is 1. The normalized spacial score (nSPS) is 19.9. The highest BCUT2D eigenvalue weighted by Crippen LogP contribution is 2.34. The van der Waals surface area contributed by atoms with Crippen molar-refractivity contribution in [1.29, 1.82) is 0 Å². The van der Waals surface area contributed by atoms with Gasteiger partial charge in [-0.25, -0.2) is 9.78 Å². The van der Waals surface area contributed by atoms with E-state index in [2.05, 4.69) is 15.6 Å². The lowest BCUT2D eigenvalue weighted by molar-refractivity contribution is -0.119. The number of rotatable bonds is 1. The topological polar surface area (TPSA) is 117 Å². The Hall–Kier alpha value is -3.00. The molecule has 8 heteroatoms. The third-order valence-electron chi connectivity index (χ3n) is 4.71. The molecule has 0 spiro atoms. The number of carbonyl (C=O) groups is 2. The van der Waals surface area contributed by atoms with Crippen molar-refractivity contribution in [1.82, 2.24) is 4.98 Å². The zero-order valence-electron chi connectivity index (χ0n) is 14.8. The molecule has 0 saturated carbocycles. The number of hydrogen-bond donors (Lipinski definition) is 4. The predicted octanol–water partition coefficient (Wildman–Crippen LogP) is 3.74. The van der Waals surface area contributed by atoms with Crippen molar-refractivity contribution in [2.75, 3.05) is 10.6 Å². The van der Waals surface area contributed by atoms with Gasteiger partial charge in [0.15, 0.2) is 0 Å². The predicted molar refractivity (Wildman–Crippen MR) is 99.9 cm³/mol. The van der Waals surface area contributed by atoms with E-state index >= 15 is 0 Å². The first kappa shape index (κ1) is 18.8. The second-order valence-corrected chi connectivity index (χ2v) is 6.72. The molecule has 1 aliphatic rings. The highest BCUT2D eigenvalue weighted by atomic mass is 19.1. The average molecular weight is 372 g/mol. The Kier molecular flexibility index (Phi) is 5.36. The van der Waals surface area contributed by atoms with Gasteiger partial charge in [0.2, 0.25) is 11.9 Å². The van der Waals surface area contributed by atoms with Crippen molar-refractivity contribution in [3.63, 3.8) is 0 Å². The summed E-state index contributed by atoms with van der Waals surface area (Å²) in [6.45, 7) is 1.81. The van der Waals surface area contributed by atoms with Crippen LogP contribution in [-0.4, -0.2) is 22.1 Å². The van der Waals surface area contributed by atoms with E-state index in [1.807, 2.05) is 6.92 Å². The molecule has 0 radical (unpaired) electrons. The van der Waals surface area contributed by atoms with Gasteiger partial charge >= 0.3 is 6.09 Å². The van der Waals surface area contributed by atoms with Crippen molar-refractivity contribution in [3.8, 4) is 11.1 Å². The third kappa shape index (κ3) is 4.22. The second kappa shape index (κ2) is 7.71. The first-order chi connectivity index (χ1) is 12.8. The molecule has 142 valence electrons. The highest BCUT2D eigenvalue weighted by Gasteiger charge is 2.21. The zero-order chi connectivity index (χ0) is 19.6. The summed E-state index contributed by atoms with van der Waals surface area (Å²) in [5, 5.41) is 14.0. The molecule has 2 amide bonds. The number of fused-ring (bicyclic) bond motifs is 4. The lowest BCUT2D eigenvalue weighted by atomic mass is 9.94. The Labute approximate surface area is 155 Å². The van der Waals surface area contributed by atoms with Crippen LogP contribution in [0, 0.1) is 11.9 Å². The fourth-order valence-corrected chi connectivity index (χ4v) is 3.16. The molecule has 0 fully saturated rings. The molecule has 1 aromatic carbocycles. The molecular formula is C19H21FN4O3. The van der Waals surface area contributed by atoms with Gasteiger partial charge in [0.1, 0.15) is 0 Å². The van der Waals surface area contributed by atoms with Gasteiger partial charge in [0.05, 0.1) is 5.69 Å². The van der Waals surface area contributed by atoms with Crippen molar-refractivity contribution in [2.24, 2.45) is 11.7 Å². The minimum absolute atomic E-state index is 0.173. The van der Waals surface area contributed by atoms with Crippen molar-refractivity contribution < 1.29 is 19.1 Å². The van der Waals surface area contributed by atoms with Crippen molar-refractivity contribution >= 4 is 23.4 Å². The SMILES string of the molecule is CC1CCC[C@H](N)c2cc(cnc2F)-c2ccc(NC(=O)O)cc2NC1=O. The van der Waals surface area contributed by atoms with Gasteiger partial charge in [-0.15, -0.1) is 0 Å². The lowest BCUT2D eigenvalue weighted by Crippen LogP contribution is -2.22. The standard InChI is InChI=1S/C19H21FN4O3/c1-10-3-2-4-15(21)14-7-11(9-22-17(14)20)13-6-5-12(23-19(26)27)8-16(13)24-18(10)25/h5-10,15,23H,2-4,21H2,1H3,(H,24,25)(H,26,27)/t10?,15-/m0/s1. The number of hydrogen-bond acceptors (Lipinski definition) is 4. The number of carboxylic acid groups (broad SMARTS) is 1. The van der Waals surface area contributed by atoms with Gasteiger partial charge in [-0.05, 0) is 31.0 Å². The number of amides is 2. The molecule has 3 rings (SSSR count). The van der Waals surface area contributed by atoms with Crippen molar-refractivity contribution in [3.05, 3.63) is 42.0 Å². The average Bonchev–Trinajstić information content (AvgIpc) is 2.61. The van der Waals surface area contributed by atoms with Gasteiger partial charge in [0.25, 0.3) is 0 Å². The molecule has 7 nitrogen and oxygen atoms in total. The molecule has 1 aliphatic heterocycles. The zero-order valence-corrected chi connectivity index (χ0v) is 14.8. The van der Waals surface area contributed by atoms with Crippen LogP contribution in [0.4, 0.5) is 20.6 Å². The Morgan fingerprint density at radius 2 is 2.15 bits per heavy atom. The molecule has 0 aliphatic carbocycles. The van der Waals surface area contributed by atoms with Crippen LogP contribution in [0.3, 0.4) is 0 Å². The molecule has 2 bridgehead atoms. The Balaban J connectivity index is 2.13. The van der Waals surface area contributed by atoms with Crippen LogP contribution in [0.2, 0.25) is 0 Å². The fraction of sp³-hybridized carbons (Fsp3) is 0.316. The van der Waals surface area contributed by atoms with E-state index < -0.39 is 18.1 Å². The first-order valence-electron chi connectivity index (χ1n) is 8.71. The van der Waals surface area contributed by atoms with Crippen LogP contribution in [0.5, 0.6) is 0 Å². The lowest BCUT2D eigenvalue weighted by Gasteiger charge is -2.20. The summed E-state index contributed by atoms with van der Waals surface area (Å²) in [4.78, 5) is 27.3. The first-order valence-corrected chi connectivity index (χ1v) is 8.71. The Morgan fingerprint density at radius 3 is 2.89 bits per heavy atom. The van der Waals surface area contributed by atoms with E-state index in [4.69, 9.17) is 10.8 Å². The summed E-state index contributed by atoms with van der Waals surface area (Å²) in [5.41, 5.74) is 8.40. The van der Waals surface area contributed by atoms with E-state index in [0.717, 1.165) is 0 Å². The monoisotopic (exact) mass is 372 g/mol. The van der Waals surface area contributed by atoms with E-state index in [0.29, 0.717) is 47.3 Å². The minimum atomic E-state index is -1.21. The number of benzene rings is 1. The summed E-state index contributed by atoms with van der Waals surface area (Å²) in [5.74, 6) is -1.04. The van der Waals surface area contributed by atoms with Crippen LogP contribution in [0.1, 0.15) is 37.8 Å². The molecule has 2 atom stereocenters. The van der Waals surface area contributed by atoms with Crippen LogP contribution in [0.15, 0.2) is 30.5 Å². The summed E-state index contributed by atoms with van der Waals surface area (Å²) in [7, 11) is 0. The Morgan fingerprint density at radius 1 is 1.37 bits per heavy atom. The smallest absolute Gasteiger partial charge is 0.409 e. The molecule has 2 heterocycles. The highest BCUT2D eigenvalue weighted by molar-refractivity contribution is 5.98. The summed E-state index contributed by atoms with van der Waals surface area (Å²) < 4.78 is 14.2. The summed E-state index contributed by atoms with van der Waals surface area (Å²) >= 11 is 0. The number of pyridine rings is 1. The van der Waals surface area contributed by atoms with Gasteiger partial charge in [-0.2, -0.15) is 4.39 Å². The van der Waals surface area contributed by atoms with Crippen LogP contribution in [-0.2, 0) is 4.79 Å². The minimum Gasteiger partial charge on any atom is -0.465 e. The fourth-order valence-electron chi connectivity index (χ4n) is 3.16. The molecule has 27 heavy (non-hydrogen) atoms.